The average Bonchev–Trinajstić information content (AvgIpc) is 3.39. The molecule has 0 unspecified atom stereocenters. The lowest BCUT2D eigenvalue weighted by molar-refractivity contribution is -0.110. The van der Waals surface area contributed by atoms with Crippen molar-refractivity contribution in [3.05, 3.63) is 125 Å². The molecule has 1 fully saturated rings. The number of carbonyl (C=O) groups excluding carboxylic acids is 2. The zero-order valence-corrected chi connectivity index (χ0v) is 25.2. The van der Waals surface area contributed by atoms with Crippen molar-refractivity contribution in [3.63, 3.8) is 0 Å². The molecule has 2 aliphatic rings. The molecule has 6 rings (SSSR count). The van der Waals surface area contributed by atoms with E-state index in [0.29, 0.717) is 28.1 Å². The molecule has 1 atom stereocenters. The first-order chi connectivity index (χ1) is 21.5. The summed E-state index contributed by atoms with van der Waals surface area (Å²) in [6.07, 6.45) is 3.85. The maximum Gasteiger partial charge on any atom is 0.258 e. The van der Waals surface area contributed by atoms with Crippen LogP contribution < -0.4 is 20.7 Å². The third kappa shape index (κ3) is 6.53. The summed E-state index contributed by atoms with van der Waals surface area (Å²) in [4.78, 5) is 29.4. The predicted octanol–water partition coefficient (Wildman–Crippen LogP) is 7.10. The van der Waals surface area contributed by atoms with E-state index in [2.05, 4.69) is 45.1 Å². The van der Waals surface area contributed by atoms with Gasteiger partial charge in [0.2, 0.25) is 0 Å². The zero-order valence-electron chi connectivity index (χ0n) is 25.2. The van der Waals surface area contributed by atoms with E-state index in [1.54, 1.807) is 25.3 Å². The van der Waals surface area contributed by atoms with E-state index in [1.807, 2.05) is 61.5 Å². The number of fused-ring (bicyclic) bond motifs is 1. The number of nitrogens with one attached hydrogen (secondary N) is 3. The van der Waals surface area contributed by atoms with Gasteiger partial charge in [-0.2, -0.15) is 0 Å². The number of hydrogen-bond acceptors (Lipinski definition) is 5. The van der Waals surface area contributed by atoms with Crippen LogP contribution in [0, 0.1) is 0 Å². The van der Waals surface area contributed by atoms with Crippen molar-refractivity contribution in [2.24, 2.45) is 0 Å². The van der Waals surface area contributed by atoms with Gasteiger partial charge in [0.25, 0.3) is 11.8 Å². The second-order valence-electron chi connectivity index (χ2n) is 11.5. The van der Waals surface area contributed by atoms with Crippen molar-refractivity contribution < 1.29 is 14.3 Å². The van der Waals surface area contributed by atoms with Gasteiger partial charge >= 0.3 is 0 Å². The summed E-state index contributed by atoms with van der Waals surface area (Å²) < 4.78 is 5.34. The number of methoxy groups -OCH3 is 1. The maximum atomic E-state index is 13.5. The Morgan fingerprint density at radius 3 is 2.41 bits per heavy atom. The Bertz CT molecular complexity index is 1680. The molecule has 0 radical (unpaired) electrons. The van der Waals surface area contributed by atoms with E-state index in [-0.39, 0.29) is 17.9 Å². The van der Waals surface area contributed by atoms with Crippen LogP contribution in [0.3, 0.4) is 0 Å². The third-order valence-electron chi connectivity index (χ3n) is 8.36. The minimum atomic E-state index is -0.236. The number of hydrogen-bond donors (Lipinski definition) is 3. The molecule has 0 bridgehead atoms. The van der Waals surface area contributed by atoms with E-state index in [9.17, 15) is 9.59 Å². The molecule has 0 saturated carbocycles. The number of nitrogens with zero attached hydrogens (tertiary/aromatic N) is 1. The number of ether oxygens (including phenoxy) is 1. The summed E-state index contributed by atoms with van der Waals surface area (Å²) in [7, 11) is 1.62. The van der Waals surface area contributed by atoms with Crippen LogP contribution in [0.25, 0.3) is 11.3 Å². The van der Waals surface area contributed by atoms with Crippen LogP contribution in [-0.2, 0) is 11.3 Å². The number of piperidine rings is 1. The highest BCUT2D eigenvalue weighted by Crippen LogP contribution is 2.38. The van der Waals surface area contributed by atoms with Gasteiger partial charge in [0.05, 0.1) is 24.4 Å². The molecule has 7 nitrogen and oxygen atoms in total. The fraction of sp³-hybridized carbons (Fsp3) is 0.243. The van der Waals surface area contributed by atoms with E-state index in [4.69, 9.17) is 4.74 Å². The molecule has 1 saturated heterocycles. The number of likely N-dealkylation sites (tertiary alicyclic amines) is 1. The molecule has 44 heavy (non-hydrogen) atoms. The van der Waals surface area contributed by atoms with Gasteiger partial charge in [-0.3, -0.25) is 14.5 Å². The van der Waals surface area contributed by atoms with Crippen LogP contribution in [0.15, 0.2) is 97.1 Å². The van der Waals surface area contributed by atoms with Crippen LogP contribution in [0.2, 0.25) is 0 Å². The summed E-state index contributed by atoms with van der Waals surface area (Å²) in [6.45, 7) is 5.19. The standard InChI is InChI=1S/C37H38N4O3/c1-25(28-12-9-13-31(22-28)44-2)38-36(42)29-16-19-33-32(23-29)34(37(43)40-33)35(27-10-5-3-6-11-27)39-30-17-14-26(15-18-30)24-41-20-7-4-8-21-41/h3,5-6,9-19,22-23,25,39H,4,7-8,20-21,24H2,1-2H3,(H,38,42)(H,40,43)/t25-/m1/s1. The van der Waals surface area contributed by atoms with Gasteiger partial charge in [0, 0.05) is 29.0 Å². The van der Waals surface area contributed by atoms with Crippen molar-refractivity contribution in [1.29, 1.82) is 0 Å². The second-order valence-corrected chi connectivity index (χ2v) is 11.5. The number of benzene rings is 4. The van der Waals surface area contributed by atoms with Gasteiger partial charge in [0.1, 0.15) is 5.75 Å². The van der Waals surface area contributed by atoms with Crippen molar-refractivity contribution in [3.8, 4) is 5.75 Å². The highest BCUT2D eigenvalue weighted by Gasteiger charge is 2.29. The number of rotatable bonds is 9. The first kappa shape index (κ1) is 29.2. The molecule has 0 aromatic heterocycles. The first-order valence-corrected chi connectivity index (χ1v) is 15.3. The Kier molecular flexibility index (Phi) is 8.75. The SMILES string of the molecule is COc1cccc([C@@H](C)NC(=O)c2ccc3c(c2)C(=C(Nc2ccc(CN4CCCCC4)cc2)c2ccccc2)C(=O)N3)c1. The van der Waals surface area contributed by atoms with Crippen molar-refractivity contribution in [1.82, 2.24) is 10.2 Å². The lowest BCUT2D eigenvalue weighted by Crippen LogP contribution is -2.29. The quantitative estimate of drug-likeness (QED) is 0.182. The van der Waals surface area contributed by atoms with E-state index in [1.165, 1.54) is 24.8 Å². The molecule has 2 heterocycles. The largest absolute Gasteiger partial charge is 0.497 e. The average molecular weight is 587 g/mol. The third-order valence-corrected chi connectivity index (χ3v) is 8.36. The fourth-order valence-electron chi connectivity index (χ4n) is 5.93. The van der Waals surface area contributed by atoms with Crippen LogP contribution in [0.4, 0.5) is 11.4 Å². The maximum absolute atomic E-state index is 13.5. The van der Waals surface area contributed by atoms with Gasteiger partial charge in [-0.1, -0.05) is 61.0 Å². The molecule has 4 aromatic rings. The highest BCUT2D eigenvalue weighted by molar-refractivity contribution is 6.37. The van der Waals surface area contributed by atoms with E-state index < -0.39 is 0 Å². The number of carbonyl (C=O) groups is 2. The summed E-state index contributed by atoms with van der Waals surface area (Å²) in [6, 6.07) is 31.0. The van der Waals surface area contributed by atoms with E-state index in [0.717, 1.165) is 42.2 Å². The Balaban J connectivity index is 1.29. The number of anilines is 2. The molecule has 0 spiro atoms. The Hall–Kier alpha value is -4.88. The Morgan fingerprint density at radius 2 is 1.66 bits per heavy atom. The van der Waals surface area contributed by atoms with E-state index >= 15 is 0 Å². The molecule has 3 N–H and O–H groups in total. The summed E-state index contributed by atoms with van der Waals surface area (Å²) in [5, 5.41) is 9.62. The molecule has 4 aromatic carbocycles. The monoisotopic (exact) mass is 586 g/mol. The van der Waals surface area contributed by atoms with Gasteiger partial charge < -0.3 is 20.7 Å². The molecule has 0 aliphatic carbocycles. The Morgan fingerprint density at radius 1 is 0.886 bits per heavy atom. The molecule has 7 heteroatoms. The molecule has 224 valence electrons. The van der Waals surface area contributed by atoms with Crippen LogP contribution in [0.5, 0.6) is 5.75 Å². The molecule has 2 aliphatic heterocycles. The van der Waals surface area contributed by atoms with Gasteiger partial charge in [-0.05, 0) is 92.0 Å². The summed E-state index contributed by atoms with van der Waals surface area (Å²) >= 11 is 0. The van der Waals surface area contributed by atoms with Crippen LogP contribution in [0.1, 0.15) is 64.8 Å². The lowest BCUT2D eigenvalue weighted by atomic mass is 9.98. The topological polar surface area (TPSA) is 82.7 Å². The first-order valence-electron chi connectivity index (χ1n) is 15.3. The van der Waals surface area contributed by atoms with Gasteiger partial charge in [0.15, 0.2) is 0 Å². The number of amides is 2. The minimum absolute atomic E-state index is 0.213. The van der Waals surface area contributed by atoms with Crippen molar-refractivity contribution in [2.45, 2.75) is 38.8 Å². The lowest BCUT2D eigenvalue weighted by Gasteiger charge is -2.26. The molecular formula is C37H38N4O3. The van der Waals surface area contributed by atoms with Crippen molar-refractivity contribution in [2.75, 3.05) is 30.8 Å². The fourth-order valence-corrected chi connectivity index (χ4v) is 5.93. The van der Waals surface area contributed by atoms with Crippen LogP contribution in [-0.4, -0.2) is 36.9 Å². The predicted molar refractivity (Wildman–Crippen MR) is 176 cm³/mol. The van der Waals surface area contributed by atoms with Crippen molar-refractivity contribution >= 4 is 34.5 Å². The zero-order chi connectivity index (χ0) is 30.5. The smallest absolute Gasteiger partial charge is 0.258 e. The minimum Gasteiger partial charge on any atom is -0.497 e. The normalized spacial score (nSPS) is 16.5. The van der Waals surface area contributed by atoms with Crippen LogP contribution >= 0.6 is 0 Å². The van der Waals surface area contributed by atoms with Gasteiger partial charge in [-0.15, -0.1) is 0 Å². The second kappa shape index (κ2) is 13.2. The summed E-state index contributed by atoms with van der Waals surface area (Å²) in [5.74, 6) is 0.300. The Labute approximate surface area is 258 Å². The summed E-state index contributed by atoms with van der Waals surface area (Å²) in [5.41, 5.74) is 7.00. The molecular weight excluding hydrogens is 548 g/mol. The van der Waals surface area contributed by atoms with Gasteiger partial charge in [-0.25, -0.2) is 0 Å². The highest BCUT2D eigenvalue weighted by atomic mass is 16.5. The molecule has 2 amide bonds.